The zero-order chi connectivity index (χ0) is 27.2. The van der Waals surface area contributed by atoms with Gasteiger partial charge in [0.2, 0.25) is 5.91 Å². The third kappa shape index (κ3) is 4.23. The van der Waals surface area contributed by atoms with Gasteiger partial charge in [0.15, 0.2) is 0 Å². The molecule has 3 heterocycles. The molecule has 1 spiro atoms. The first-order chi connectivity index (χ1) is 18.2. The van der Waals surface area contributed by atoms with Crippen LogP contribution in [0.2, 0.25) is 0 Å². The van der Waals surface area contributed by atoms with E-state index in [1.807, 2.05) is 62.4 Å². The minimum atomic E-state index is -0.973. The van der Waals surface area contributed by atoms with Gasteiger partial charge in [0.1, 0.15) is 17.2 Å². The first-order valence-corrected chi connectivity index (χ1v) is 13.4. The van der Waals surface area contributed by atoms with E-state index in [1.54, 1.807) is 13.1 Å². The maximum atomic E-state index is 14.1. The summed E-state index contributed by atoms with van der Waals surface area (Å²) in [7, 11) is 1.61. The number of para-hydroxylation sites is 1. The zero-order valence-electron chi connectivity index (χ0n) is 21.4. The van der Waals surface area contributed by atoms with Crippen LogP contribution in [0.3, 0.4) is 0 Å². The fraction of sp³-hybridized carbons (Fsp3) is 0.345. The van der Waals surface area contributed by atoms with Gasteiger partial charge < -0.3 is 10.2 Å². The molecule has 1 aromatic heterocycles. The number of pyridine rings is 1. The lowest BCUT2D eigenvalue weighted by Gasteiger charge is -2.32. The van der Waals surface area contributed by atoms with Gasteiger partial charge in [0, 0.05) is 29.1 Å². The molecule has 5 rings (SSSR count). The van der Waals surface area contributed by atoms with Gasteiger partial charge in [0.05, 0.1) is 11.9 Å². The van der Waals surface area contributed by atoms with Gasteiger partial charge in [-0.15, -0.1) is 0 Å². The number of anilines is 1. The number of nitrogens with zero attached hydrogens (tertiary/aromatic N) is 4. The van der Waals surface area contributed by atoms with Crippen molar-refractivity contribution >= 4 is 50.2 Å². The maximum Gasteiger partial charge on any atom is 0.302 e. The number of rotatable bonds is 5. The lowest BCUT2D eigenvalue weighted by atomic mass is 9.80. The fourth-order valence-corrected chi connectivity index (χ4v) is 6.07. The van der Waals surface area contributed by atoms with Crippen LogP contribution in [-0.2, 0) is 15.0 Å². The number of benzene rings is 2. The summed E-state index contributed by atoms with van der Waals surface area (Å²) in [5.41, 5.74) is 1.47. The Kier molecular flexibility index (Phi) is 6.70. The van der Waals surface area contributed by atoms with Crippen molar-refractivity contribution < 1.29 is 14.4 Å². The smallest absolute Gasteiger partial charge is 0.302 e. The predicted octanol–water partition coefficient (Wildman–Crippen LogP) is 4.85. The summed E-state index contributed by atoms with van der Waals surface area (Å²) >= 11 is 3.51. The number of hydrogen-bond acceptors (Lipinski definition) is 4. The lowest BCUT2D eigenvalue weighted by Crippen LogP contribution is -2.51. The summed E-state index contributed by atoms with van der Waals surface area (Å²) in [6, 6.07) is 15.7. The van der Waals surface area contributed by atoms with Crippen molar-refractivity contribution in [3.05, 3.63) is 81.7 Å². The molecule has 194 valence electrons. The van der Waals surface area contributed by atoms with E-state index in [0.717, 1.165) is 21.1 Å². The Morgan fingerprint density at radius 3 is 2.71 bits per heavy atom. The average Bonchev–Trinajstić information content (AvgIpc) is 3.44. The number of halogens is 1. The molecule has 0 unspecified atom stereocenters. The maximum absolute atomic E-state index is 14.1. The highest BCUT2D eigenvalue weighted by molar-refractivity contribution is 9.10. The predicted molar refractivity (Wildman–Crippen MR) is 148 cm³/mol. The van der Waals surface area contributed by atoms with Crippen molar-refractivity contribution in [2.24, 2.45) is 5.92 Å². The molecule has 3 atom stereocenters. The summed E-state index contributed by atoms with van der Waals surface area (Å²) < 4.78 is 0.883. The van der Waals surface area contributed by atoms with Crippen molar-refractivity contribution in [2.45, 2.75) is 44.3 Å². The van der Waals surface area contributed by atoms with Crippen LogP contribution in [0.5, 0.6) is 0 Å². The van der Waals surface area contributed by atoms with Crippen molar-refractivity contribution in [3.63, 3.8) is 0 Å². The number of aromatic nitrogens is 1. The molecule has 3 amide bonds. The quantitative estimate of drug-likeness (QED) is 0.442. The molecule has 0 aliphatic carbocycles. The van der Waals surface area contributed by atoms with E-state index >= 15 is 0 Å². The van der Waals surface area contributed by atoms with Crippen molar-refractivity contribution in [1.82, 2.24) is 14.8 Å². The van der Waals surface area contributed by atoms with Gasteiger partial charge >= 0.3 is 6.17 Å². The summed E-state index contributed by atoms with van der Waals surface area (Å²) in [6.07, 6.45) is -0.163. The SMILES string of the molecule is [C-]#[N+][C@@H]1C[C@@]2(CN1C(=O)[C@H](CC(C)C)N(C)C(=O)c1ccc3c(Br)cccc3n1)C(=O)Nc1ccccc12. The molecule has 38 heavy (non-hydrogen) atoms. The number of carbonyl (C=O) groups is 3. The number of carbonyl (C=O) groups excluding carboxylic acids is 3. The van der Waals surface area contributed by atoms with Crippen LogP contribution in [0.25, 0.3) is 15.7 Å². The highest BCUT2D eigenvalue weighted by Gasteiger charge is 2.59. The van der Waals surface area contributed by atoms with E-state index in [4.69, 9.17) is 6.57 Å². The monoisotopic (exact) mass is 573 g/mol. The standard InChI is InChI=1S/C29H28BrN5O3/c1-17(2)14-24(34(4)26(36)23-13-12-18-20(30)9-7-11-21(18)32-23)27(37)35-16-29(15-25(35)31-3)19-8-5-6-10-22(19)33-28(29)38/h5-13,17,24-25H,14-16H2,1-2,4H3,(H,33,38)/t24-,25-,29-/m0/s1. The molecular formula is C29H28BrN5O3. The highest BCUT2D eigenvalue weighted by atomic mass is 79.9. The fourth-order valence-electron chi connectivity index (χ4n) is 5.58. The third-order valence-electron chi connectivity index (χ3n) is 7.55. The summed E-state index contributed by atoms with van der Waals surface area (Å²) in [6.45, 7) is 11.9. The molecule has 2 aromatic carbocycles. The van der Waals surface area contributed by atoms with E-state index < -0.39 is 17.6 Å². The van der Waals surface area contributed by atoms with Crippen LogP contribution in [0.15, 0.2) is 59.1 Å². The second-order valence-corrected chi connectivity index (χ2v) is 11.3. The van der Waals surface area contributed by atoms with Gasteiger partial charge in [0.25, 0.3) is 11.8 Å². The second-order valence-electron chi connectivity index (χ2n) is 10.4. The number of fused-ring (bicyclic) bond motifs is 3. The molecule has 1 saturated heterocycles. The molecule has 8 nitrogen and oxygen atoms in total. The third-order valence-corrected chi connectivity index (χ3v) is 8.25. The summed E-state index contributed by atoms with van der Waals surface area (Å²) in [5.74, 6) is -0.784. The van der Waals surface area contributed by atoms with Crippen LogP contribution in [-0.4, -0.2) is 58.3 Å². The minimum Gasteiger partial charge on any atom is -0.328 e. The number of likely N-dealkylation sites (tertiary alicyclic amines) is 1. The molecule has 9 heteroatoms. The molecule has 2 aliphatic heterocycles. The van der Waals surface area contributed by atoms with Crippen molar-refractivity contribution in [3.8, 4) is 0 Å². The van der Waals surface area contributed by atoms with E-state index in [-0.39, 0.29) is 42.3 Å². The molecule has 2 aliphatic rings. The van der Waals surface area contributed by atoms with E-state index in [1.165, 1.54) is 9.80 Å². The van der Waals surface area contributed by atoms with Crippen LogP contribution < -0.4 is 5.32 Å². The van der Waals surface area contributed by atoms with Crippen LogP contribution in [0.1, 0.15) is 42.7 Å². The topological polar surface area (TPSA) is 87.0 Å². The average molecular weight is 574 g/mol. The van der Waals surface area contributed by atoms with Gasteiger partial charge in [-0.25, -0.2) is 11.6 Å². The molecular weight excluding hydrogens is 546 g/mol. The van der Waals surface area contributed by atoms with Crippen LogP contribution in [0, 0.1) is 12.5 Å². The normalized spacial score (nSPS) is 20.9. The first kappa shape index (κ1) is 25.9. The molecule has 1 fully saturated rings. The molecule has 0 saturated carbocycles. The van der Waals surface area contributed by atoms with Gasteiger partial charge in [-0.1, -0.05) is 54.0 Å². The summed E-state index contributed by atoms with van der Waals surface area (Å²) in [4.78, 5) is 52.0. The van der Waals surface area contributed by atoms with E-state index in [9.17, 15) is 14.4 Å². The highest BCUT2D eigenvalue weighted by Crippen LogP contribution is 2.47. The second kappa shape index (κ2) is 9.84. The largest absolute Gasteiger partial charge is 0.328 e. The number of nitrogens with one attached hydrogen (secondary N) is 1. The molecule has 0 bridgehead atoms. The number of amides is 3. The summed E-state index contributed by atoms with van der Waals surface area (Å²) in [5, 5.41) is 3.81. The van der Waals surface area contributed by atoms with Crippen LogP contribution in [0.4, 0.5) is 5.69 Å². The Bertz CT molecular complexity index is 1500. The van der Waals surface area contributed by atoms with E-state index in [0.29, 0.717) is 11.9 Å². The van der Waals surface area contributed by atoms with Crippen molar-refractivity contribution in [1.29, 1.82) is 0 Å². The molecule has 3 aromatic rings. The lowest BCUT2D eigenvalue weighted by molar-refractivity contribution is -0.136. The van der Waals surface area contributed by atoms with Crippen LogP contribution >= 0.6 is 15.9 Å². The Hall–Kier alpha value is -3.77. The Labute approximate surface area is 230 Å². The minimum absolute atomic E-state index is 0.0978. The Morgan fingerprint density at radius 2 is 1.97 bits per heavy atom. The van der Waals surface area contributed by atoms with Crippen molar-refractivity contribution in [2.75, 3.05) is 18.9 Å². The Balaban J connectivity index is 1.46. The van der Waals surface area contributed by atoms with Gasteiger partial charge in [-0.2, -0.15) is 0 Å². The first-order valence-electron chi connectivity index (χ1n) is 12.6. The Morgan fingerprint density at radius 1 is 1.21 bits per heavy atom. The zero-order valence-corrected chi connectivity index (χ0v) is 23.0. The van der Waals surface area contributed by atoms with Gasteiger partial charge in [-0.05, 0) is 48.2 Å². The number of likely N-dealkylation sites (N-methyl/N-ethyl adjacent to an activating group) is 1. The molecule has 0 radical (unpaired) electrons. The molecule has 1 N–H and O–H groups in total. The number of hydrogen-bond donors (Lipinski definition) is 1. The van der Waals surface area contributed by atoms with E-state index in [2.05, 4.69) is 31.1 Å². The van der Waals surface area contributed by atoms with Gasteiger partial charge in [-0.3, -0.25) is 24.1 Å².